The lowest BCUT2D eigenvalue weighted by Crippen LogP contribution is -2.58. The maximum absolute atomic E-state index is 10.7. The van der Waals surface area contributed by atoms with Gasteiger partial charge in [-0.1, -0.05) is 39.0 Å². The number of hydrogen-bond donors (Lipinski definition) is 6. The molecule has 6 nitrogen and oxygen atoms in total. The molecule has 0 heterocycles. The first-order chi connectivity index (χ1) is 17.8. The van der Waals surface area contributed by atoms with Gasteiger partial charge in [0, 0.05) is 12.0 Å². The molecule has 3 aliphatic rings. The van der Waals surface area contributed by atoms with Crippen molar-refractivity contribution in [3.63, 3.8) is 0 Å². The fourth-order valence-corrected chi connectivity index (χ4v) is 8.11. The van der Waals surface area contributed by atoms with Gasteiger partial charge in [0.25, 0.3) is 0 Å². The molecule has 0 aliphatic heterocycles. The number of allylic oxidation sites excluding steroid dienone is 2. The van der Waals surface area contributed by atoms with Gasteiger partial charge in [-0.3, -0.25) is 0 Å². The Morgan fingerprint density at radius 1 is 1.05 bits per heavy atom. The highest BCUT2D eigenvalue weighted by Crippen LogP contribution is 2.65. The van der Waals surface area contributed by atoms with Crippen molar-refractivity contribution < 1.29 is 25.5 Å². The Bertz CT molecular complexity index is 943. The number of hydrogen-bond acceptors (Lipinski definition) is 6. The summed E-state index contributed by atoms with van der Waals surface area (Å²) in [6.45, 7) is 15.8. The second-order valence-corrected chi connectivity index (χ2v) is 14.9. The Morgan fingerprint density at radius 2 is 1.72 bits per heavy atom. The van der Waals surface area contributed by atoms with Crippen molar-refractivity contribution in [2.24, 2.45) is 22.5 Å². The van der Waals surface area contributed by atoms with Crippen LogP contribution in [0.1, 0.15) is 119 Å². The molecule has 3 saturated carbocycles. The molecule has 0 amide bonds. The predicted molar refractivity (Wildman–Crippen MR) is 158 cm³/mol. The lowest BCUT2D eigenvalue weighted by Gasteiger charge is -2.54. The molecule has 0 aromatic heterocycles. The molecule has 0 aromatic carbocycles. The quantitative estimate of drug-likeness (QED) is 0.227. The lowest BCUT2D eigenvalue weighted by atomic mass is 9.52. The average Bonchev–Trinajstić information content (AvgIpc) is 3.09. The average molecular weight is 548 g/mol. The summed E-state index contributed by atoms with van der Waals surface area (Å²) in [5, 5.41) is 52.0. The summed E-state index contributed by atoms with van der Waals surface area (Å²) >= 11 is 0. The topological polar surface area (TPSA) is 127 Å². The van der Waals surface area contributed by atoms with Gasteiger partial charge in [-0.25, -0.2) is 0 Å². The Kier molecular flexibility index (Phi) is 9.74. The zero-order valence-electron chi connectivity index (χ0n) is 25.5. The van der Waals surface area contributed by atoms with Crippen LogP contribution in [0.15, 0.2) is 35.5 Å². The minimum atomic E-state index is -1.15. The van der Waals surface area contributed by atoms with E-state index in [1.54, 1.807) is 13.8 Å². The van der Waals surface area contributed by atoms with Crippen LogP contribution in [-0.4, -0.2) is 60.6 Å². The second-order valence-electron chi connectivity index (χ2n) is 14.9. The molecule has 7 atom stereocenters. The van der Waals surface area contributed by atoms with Crippen LogP contribution in [0.5, 0.6) is 0 Å². The van der Waals surface area contributed by atoms with Gasteiger partial charge in [-0.2, -0.15) is 0 Å². The summed E-state index contributed by atoms with van der Waals surface area (Å²) in [5.74, 6) is 0.343. The minimum Gasteiger partial charge on any atom is -0.393 e. The smallest absolute Gasteiger partial charge is 0.0849 e. The van der Waals surface area contributed by atoms with Gasteiger partial charge in [0.2, 0.25) is 0 Å². The van der Waals surface area contributed by atoms with E-state index in [1.807, 2.05) is 19.9 Å². The highest BCUT2D eigenvalue weighted by molar-refractivity contribution is 5.41. The third-order valence-corrected chi connectivity index (χ3v) is 10.8. The van der Waals surface area contributed by atoms with Gasteiger partial charge in [-0.05, 0) is 125 Å². The molecule has 6 heteroatoms. The molecule has 7 N–H and O–H groups in total. The van der Waals surface area contributed by atoms with E-state index in [0.717, 1.165) is 56.9 Å². The van der Waals surface area contributed by atoms with Gasteiger partial charge in [0.1, 0.15) is 0 Å². The largest absolute Gasteiger partial charge is 0.393 e. The van der Waals surface area contributed by atoms with Gasteiger partial charge in [0.05, 0.1) is 29.5 Å². The monoisotopic (exact) mass is 547 g/mol. The Balaban J connectivity index is 1.91. The Hall–Kier alpha value is -1.02. The summed E-state index contributed by atoms with van der Waals surface area (Å²) in [6, 6.07) is 0. The van der Waals surface area contributed by atoms with Crippen molar-refractivity contribution >= 4 is 0 Å². The van der Waals surface area contributed by atoms with E-state index < -0.39 is 35.1 Å². The number of aliphatic hydroxyl groups is 5. The van der Waals surface area contributed by atoms with Gasteiger partial charge in [0.15, 0.2) is 0 Å². The first-order valence-electron chi connectivity index (χ1n) is 15.2. The van der Waals surface area contributed by atoms with Crippen LogP contribution >= 0.6 is 0 Å². The van der Waals surface area contributed by atoms with E-state index in [4.69, 9.17) is 5.73 Å². The highest BCUT2D eigenvalue weighted by Gasteiger charge is 2.61. The van der Waals surface area contributed by atoms with Crippen molar-refractivity contribution in [3.05, 3.63) is 35.5 Å². The molecular formula is C33H57NO5. The zero-order valence-corrected chi connectivity index (χ0v) is 25.5. The van der Waals surface area contributed by atoms with E-state index in [9.17, 15) is 25.5 Å². The Labute approximate surface area is 237 Å². The fraction of sp³-hybridized carbons (Fsp3) is 0.818. The highest BCUT2D eigenvalue weighted by atomic mass is 16.3. The van der Waals surface area contributed by atoms with E-state index >= 15 is 0 Å². The van der Waals surface area contributed by atoms with Crippen molar-refractivity contribution in [3.8, 4) is 0 Å². The summed E-state index contributed by atoms with van der Waals surface area (Å²) in [6.07, 6.45) is 11.7. The number of aliphatic hydroxyl groups excluding tert-OH is 3. The minimum absolute atomic E-state index is 0.0971. The maximum atomic E-state index is 10.7. The van der Waals surface area contributed by atoms with E-state index in [2.05, 4.69) is 26.5 Å². The zero-order chi connectivity index (χ0) is 29.4. The fourth-order valence-electron chi connectivity index (χ4n) is 8.11. The Morgan fingerprint density at radius 3 is 2.33 bits per heavy atom. The molecule has 0 bridgehead atoms. The molecule has 0 aromatic rings. The van der Waals surface area contributed by atoms with Gasteiger partial charge >= 0.3 is 0 Å². The molecular weight excluding hydrogens is 490 g/mol. The van der Waals surface area contributed by atoms with E-state index in [-0.39, 0.29) is 10.8 Å². The standard InChI is InChI=1S/C33H57NO5/c1-22-23(20-25(35)21-26(22)36)11-12-24-10-8-17-32(7)27(13-19-33(24,32)34)31(6,16-9-15-29(2,3)38)18-14-28(37)30(4,5)39/h11-12,25-28,35-39H,1,8-10,13-21,34H2,2-7H3/b23-11-,24-12+/t25-,26+,27-,28-,31+,32-,33-/m1/s1. The molecule has 224 valence electrons. The van der Waals surface area contributed by atoms with Crippen molar-refractivity contribution in [1.82, 2.24) is 0 Å². The van der Waals surface area contributed by atoms with Crippen LogP contribution in [0.25, 0.3) is 0 Å². The first-order valence-corrected chi connectivity index (χ1v) is 15.2. The number of nitrogens with two attached hydrogens (primary N) is 1. The maximum Gasteiger partial charge on any atom is 0.0849 e. The van der Waals surface area contributed by atoms with Crippen LogP contribution in [-0.2, 0) is 0 Å². The van der Waals surface area contributed by atoms with Crippen LogP contribution in [0, 0.1) is 16.7 Å². The van der Waals surface area contributed by atoms with Crippen LogP contribution in [0.2, 0.25) is 0 Å². The van der Waals surface area contributed by atoms with Gasteiger partial charge < -0.3 is 31.3 Å². The lowest BCUT2D eigenvalue weighted by molar-refractivity contribution is -0.0648. The van der Waals surface area contributed by atoms with Crippen molar-refractivity contribution in [2.75, 3.05) is 0 Å². The summed E-state index contributed by atoms with van der Waals surface area (Å²) < 4.78 is 0. The van der Waals surface area contributed by atoms with Crippen molar-refractivity contribution in [1.29, 1.82) is 0 Å². The third-order valence-electron chi connectivity index (χ3n) is 10.8. The SMILES string of the molecule is C=C1/C(=C\C=C2/CCC[C@]3(C)[C@@H]([C@@](C)(CCCC(C)(C)O)CC[C@@H](O)C(C)(C)O)CC[C@@]23N)C[C@@H](O)C[C@@H]1O. The third kappa shape index (κ3) is 7.07. The van der Waals surface area contributed by atoms with Crippen LogP contribution < -0.4 is 5.73 Å². The predicted octanol–water partition coefficient (Wildman–Crippen LogP) is 5.07. The summed E-state index contributed by atoms with van der Waals surface area (Å²) in [4.78, 5) is 0. The summed E-state index contributed by atoms with van der Waals surface area (Å²) in [5.41, 5.74) is 7.70. The molecule has 0 radical (unpaired) electrons. The molecule has 3 fully saturated rings. The number of fused-ring (bicyclic) bond motifs is 1. The van der Waals surface area contributed by atoms with Crippen LogP contribution in [0.4, 0.5) is 0 Å². The van der Waals surface area contributed by atoms with Crippen molar-refractivity contribution in [2.45, 2.75) is 154 Å². The molecule has 3 rings (SSSR count). The van der Waals surface area contributed by atoms with E-state index in [1.165, 1.54) is 5.57 Å². The first kappa shape index (κ1) is 32.5. The molecule has 0 saturated heterocycles. The molecule has 3 aliphatic carbocycles. The van der Waals surface area contributed by atoms with Gasteiger partial charge in [-0.15, -0.1) is 0 Å². The van der Waals surface area contributed by atoms with E-state index in [0.29, 0.717) is 37.2 Å². The normalized spacial score (nSPS) is 36.7. The second kappa shape index (κ2) is 11.7. The molecule has 39 heavy (non-hydrogen) atoms. The number of rotatable bonds is 10. The van der Waals surface area contributed by atoms with Crippen LogP contribution in [0.3, 0.4) is 0 Å². The summed E-state index contributed by atoms with van der Waals surface area (Å²) in [7, 11) is 0. The molecule has 0 unspecified atom stereocenters. The molecule has 0 spiro atoms.